The number of anilines is 1. The average molecular weight is 409 g/mol. The molecule has 2 amide bonds. The molecule has 0 radical (unpaired) electrons. The number of carbonyl (C=O) groups excluding carboxylic acids is 2. The lowest BCUT2D eigenvalue weighted by Gasteiger charge is -2.23. The number of nitrogens with one attached hydrogen (secondary N) is 2. The van der Waals surface area contributed by atoms with Crippen molar-refractivity contribution >= 4 is 17.5 Å². The first-order valence-electron chi connectivity index (χ1n) is 11.1. The van der Waals surface area contributed by atoms with Crippen molar-refractivity contribution < 1.29 is 14.3 Å². The Balaban J connectivity index is 1.66. The zero-order chi connectivity index (χ0) is 21.3. The normalized spacial score (nSPS) is 15.3. The number of benzene rings is 2. The fraction of sp³-hybridized carbons (Fsp3) is 0.440. The third kappa shape index (κ3) is 5.85. The second-order valence-corrected chi connectivity index (χ2v) is 7.86. The maximum absolute atomic E-state index is 12.9. The van der Waals surface area contributed by atoms with E-state index < -0.39 is 6.10 Å². The van der Waals surface area contributed by atoms with Crippen LogP contribution >= 0.6 is 0 Å². The Bertz CT molecular complexity index is 842. The highest BCUT2D eigenvalue weighted by molar-refractivity contribution is 6.04. The van der Waals surface area contributed by atoms with Crippen LogP contribution in [0.5, 0.6) is 5.75 Å². The Morgan fingerprint density at radius 3 is 2.37 bits per heavy atom. The van der Waals surface area contributed by atoms with Crippen molar-refractivity contribution in [2.45, 2.75) is 70.9 Å². The second kappa shape index (κ2) is 10.8. The van der Waals surface area contributed by atoms with Crippen LogP contribution in [0.25, 0.3) is 0 Å². The molecule has 0 heterocycles. The minimum Gasteiger partial charge on any atom is -0.481 e. The van der Waals surface area contributed by atoms with E-state index in [1.54, 1.807) is 12.1 Å². The third-order valence-electron chi connectivity index (χ3n) is 5.64. The zero-order valence-corrected chi connectivity index (χ0v) is 17.9. The molecule has 1 saturated carbocycles. The van der Waals surface area contributed by atoms with E-state index in [2.05, 4.69) is 17.6 Å². The number of hydrogen-bond donors (Lipinski definition) is 2. The maximum Gasteiger partial charge on any atom is 0.265 e. The molecule has 1 aliphatic rings. The predicted molar refractivity (Wildman–Crippen MR) is 120 cm³/mol. The van der Waals surface area contributed by atoms with Gasteiger partial charge in [-0.1, -0.05) is 57.4 Å². The van der Waals surface area contributed by atoms with Crippen molar-refractivity contribution in [3.8, 4) is 5.75 Å². The maximum atomic E-state index is 12.9. The standard InChI is InChI=1S/C25H32N2O3/c1-3-18-14-16-20(17-15-18)30-23(4-2)25(29)27-22-13-9-8-12-21(22)24(28)26-19-10-6-5-7-11-19/h8-9,12-17,19,23H,3-7,10-11H2,1-2H3,(H,26,28)(H,27,29)/t23-/m1/s1. The summed E-state index contributed by atoms with van der Waals surface area (Å²) in [4.78, 5) is 25.7. The van der Waals surface area contributed by atoms with Crippen LogP contribution in [0.1, 0.15) is 68.3 Å². The number of hydrogen-bond acceptors (Lipinski definition) is 3. The number of carbonyl (C=O) groups is 2. The van der Waals surface area contributed by atoms with Gasteiger partial charge < -0.3 is 15.4 Å². The Morgan fingerprint density at radius 2 is 1.70 bits per heavy atom. The van der Waals surface area contributed by atoms with Crippen LogP contribution in [-0.2, 0) is 11.2 Å². The van der Waals surface area contributed by atoms with Gasteiger partial charge in [0.05, 0.1) is 11.3 Å². The summed E-state index contributed by atoms with van der Waals surface area (Å²) >= 11 is 0. The number of rotatable bonds is 8. The van der Waals surface area contributed by atoms with Gasteiger partial charge in [-0.15, -0.1) is 0 Å². The number of amides is 2. The lowest BCUT2D eigenvalue weighted by molar-refractivity contribution is -0.122. The van der Waals surface area contributed by atoms with Crippen molar-refractivity contribution in [2.75, 3.05) is 5.32 Å². The van der Waals surface area contributed by atoms with Crippen LogP contribution in [-0.4, -0.2) is 24.0 Å². The zero-order valence-electron chi connectivity index (χ0n) is 17.9. The first kappa shape index (κ1) is 21.9. The molecule has 0 spiro atoms. The van der Waals surface area contributed by atoms with Crippen LogP contribution < -0.4 is 15.4 Å². The van der Waals surface area contributed by atoms with Crippen LogP contribution in [0.15, 0.2) is 48.5 Å². The molecule has 0 aromatic heterocycles. The Labute approximate surface area is 179 Å². The van der Waals surface area contributed by atoms with Gasteiger partial charge in [-0.2, -0.15) is 0 Å². The van der Waals surface area contributed by atoms with E-state index in [0.717, 1.165) is 32.1 Å². The molecular weight excluding hydrogens is 376 g/mol. The topological polar surface area (TPSA) is 67.4 Å². The summed E-state index contributed by atoms with van der Waals surface area (Å²) in [6, 6.07) is 15.1. The summed E-state index contributed by atoms with van der Waals surface area (Å²) in [5.74, 6) is 0.273. The van der Waals surface area contributed by atoms with E-state index in [1.807, 2.05) is 43.3 Å². The van der Waals surface area contributed by atoms with E-state index in [1.165, 1.54) is 12.0 Å². The highest BCUT2D eigenvalue weighted by Gasteiger charge is 2.22. The predicted octanol–water partition coefficient (Wildman–Crippen LogP) is 5.11. The number of para-hydroxylation sites is 1. The second-order valence-electron chi connectivity index (χ2n) is 7.86. The molecule has 0 bridgehead atoms. The van der Waals surface area contributed by atoms with Crippen LogP contribution in [0, 0.1) is 0 Å². The van der Waals surface area contributed by atoms with Crippen molar-refractivity contribution in [3.63, 3.8) is 0 Å². The molecule has 30 heavy (non-hydrogen) atoms. The largest absolute Gasteiger partial charge is 0.481 e. The molecule has 2 aromatic rings. The van der Waals surface area contributed by atoms with Crippen LogP contribution in [0.2, 0.25) is 0 Å². The summed E-state index contributed by atoms with van der Waals surface area (Å²) in [6.07, 6.45) is 6.42. The fourth-order valence-electron chi connectivity index (χ4n) is 3.80. The summed E-state index contributed by atoms with van der Waals surface area (Å²) in [5, 5.41) is 6.02. The quantitative estimate of drug-likeness (QED) is 0.638. The van der Waals surface area contributed by atoms with Gasteiger partial charge in [0.2, 0.25) is 0 Å². The third-order valence-corrected chi connectivity index (χ3v) is 5.64. The molecule has 1 fully saturated rings. The van der Waals surface area contributed by atoms with E-state index >= 15 is 0 Å². The smallest absolute Gasteiger partial charge is 0.265 e. The Kier molecular flexibility index (Phi) is 7.89. The van der Waals surface area contributed by atoms with Gasteiger partial charge in [0.1, 0.15) is 5.75 Å². The summed E-state index contributed by atoms with van der Waals surface area (Å²) < 4.78 is 5.91. The van der Waals surface area contributed by atoms with E-state index in [0.29, 0.717) is 23.4 Å². The number of aryl methyl sites for hydroxylation is 1. The molecule has 0 saturated heterocycles. The Morgan fingerprint density at radius 1 is 1.00 bits per heavy atom. The molecular formula is C25H32N2O3. The minimum absolute atomic E-state index is 0.137. The van der Waals surface area contributed by atoms with Gasteiger partial charge in [-0.3, -0.25) is 9.59 Å². The van der Waals surface area contributed by atoms with Crippen molar-refractivity contribution in [3.05, 3.63) is 59.7 Å². The Hall–Kier alpha value is -2.82. The molecule has 3 rings (SSSR count). The molecule has 5 heteroatoms. The first-order valence-corrected chi connectivity index (χ1v) is 11.1. The van der Waals surface area contributed by atoms with Crippen LogP contribution in [0.3, 0.4) is 0 Å². The molecule has 2 aromatic carbocycles. The SMILES string of the molecule is CCc1ccc(O[C@H](CC)C(=O)Nc2ccccc2C(=O)NC2CCCCC2)cc1. The molecule has 1 aliphatic carbocycles. The molecule has 160 valence electrons. The fourth-order valence-corrected chi connectivity index (χ4v) is 3.80. The van der Waals surface area contributed by atoms with Crippen molar-refractivity contribution in [1.29, 1.82) is 0 Å². The van der Waals surface area contributed by atoms with Gasteiger partial charge in [-0.05, 0) is 55.5 Å². The molecule has 0 unspecified atom stereocenters. The van der Waals surface area contributed by atoms with Crippen LogP contribution in [0.4, 0.5) is 5.69 Å². The highest BCUT2D eigenvalue weighted by Crippen LogP contribution is 2.21. The minimum atomic E-state index is -0.632. The van der Waals surface area contributed by atoms with Gasteiger partial charge in [0.25, 0.3) is 11.8 Å². The molecule has 1 atom stereocenters. The van der Waals surface area contributed by atoms with Crippen molar-refractivity contribution in [2.24, 2.45) is 0 Å². The van der Waals surface area contributed by atoms with Gasteiger partial charge in [0, 0.05) is 6.04 Å². The lowest BCUT2D eigenvalue weighted by Crippen LogP contribution is -2.37. The molecule has 2 N–H and O–H groups in total. The van der Waals surface area contributed by atoms with Gasteiger partial charge in [0.15, 0.2) is 6.10 Å². The highest BCUT2D eigenvalue weighted by atomic mass is 16.5. The van der Waals surface area contributed by atoms with Gasteiger partial charge in [-0.25, -0.2) is 0 Å². The molecule has 0 aliphatic heterocycles. The van der Waals surface area contributed by atoms with E-state index in [-0.39, 0.29) is 17.9 Å². The first-order chi connectivity index (χ1) is 14.6. The summed E-state index contributed by atoms with van der Waals surface area (Å²) in [7, 11) is 0. The average Bonchev–Trinajstić information content (AvgIpc) is 2.78. The monoisotopic (exact) mass is 408 g/mol. The molecule has 5 nitrogen and oxygen atoms in total. The summed E-state index contributed by atoms with van der Waals surface area (Å²) in [5.41, 5.74) is 2.22. The van der Waals surface area contributed by atoms with Gasteiger partial charge >= 0.3 is 0 Å². The van der Waals surface area contributed by atoms with Crippen molar-refractivity contribution in [1.82, 2.24) is 5.32 Å². The lowest BCUT2D eigenvalue weighted by atomic mass is 9.95. The van der Waals surface area contributed by atoms with E-state index in [9.17, 15) is 9.59 Å². The summed E-state index contributed by atoms with van der Waals surface area (Å²) in [6.45, 7) is 4.01. The van der Waals surface area contributed by atoms with E-state index in [4.69, 9.17) is 4.74 Å². The number of ether oxygens (including phenoxy) is 1.